The van der Waals surface area contributed by atoms with Crippen LogP contribution in [0, 0.1) is 23.2 Å². The molecule has 47 heavy (non-hydrogen) atoms. The van der Waals surface area contributed by atoms with E-state index in [0.717, 1.165) is 30.1 Å². The van der Waals surface area contributed by atoms with Crippen LogP contribution < -0.4 is 0 Å². The SMILES string of the molecule is COC(=O)[C@@]1(C)SC(N(COCC[Si](C)(C)C)C(=O)OC(C)(C)C)=N[C@](C)(c2cc(/C=C(\F)c3ccc(C#N)cn3)cnc2F)[C@@H]1C. The molecule has 3 rings (SSSR count). The number of nitriles is 1. The van der Waals surface area contributed by atoms with E-state index in [1.807, 2.05) is 6.07 Å². The third-order valence-corrected chi connectivity index (χ3v) is 10.9. The van der Waals surface area contributed by atoms with Crippen LogP contribution in [-0.4, -0.2) is 71.0 Å². The van der Waals surface area contributed by atoms with E-state index in [1.54, 1.807) is 41.5 Å². The highest BCUT2D eigenvalue weighted by Gasteiger charge is 2.56. The molecule has 0 fully saturated rings. The smallest absolute Gasteiger partial charge is 0.418 e. The maximum atomic E-state index is 15.7. The van der Waals surface area contributed by atoms with Crippen molar-refractivity contribution in [2.24, 2.45) is 10.9 Å². The molecule has 1 amide bonds. The minimum Gasteiger partial charge on any atom is -0.468 e. The number of hydrogen-bond donors (Lipinski definition) is 0. The first kappa shape index (κ1) is 37.8. The molecule has 0 aromatic carbocycles. The molecular formula is C33H43F2N5O5SSi. The van der Waals surface area contributed by atoms with Gasteiger partial charge in [0.05, 0.1) is 23.9 Å². The zero-order valence-electron chi connectivity index (χ0n) is 28.6. The van der Waals surface area contributed by atoms with Crippen LogP contribution in [0.4, 0.5) is 13.6 Å². The predicted octanol–water partition coefficient (Wildman–Crippen LogP) is 7.39. The fraction of sp³-hybridized carbons (Fsp3) is 0.515. The number of halogens is 2. The summed E-state index contributed by atoms with van der Waals surface area (Å²) in [5, 5.41) is 9.08. The van der Waals surface area contributed by atoms with Crippen LogP contribution in [0.1, 0.15) is 63.9 Å². The number of amidine groups is 1. The molecule has 10 nitrogen and oxygen atoms in total. The summed E-state index contributed by atoms with van der Waals surface area (Å²) in [6.07, 6.45) is 2.79. The average molecular weight is 688 g/mol. The highest BCUT2D eigenvalue weighted by Crippen LogP contribution is 2.52. The number of carbonyl (C=O) groups is 2. The van der Waals surface area contributed by atoms with Crippen molar-refractivity contribution in [3.05, 3.63) is 58.9 Å². The van der Waals surface area contributed by atoms with Gasteiger partial charge in [-0.05, 0) is 70.5 Å². The maximum absolute atomic E-state index is 15.7. The summed E-state index contributed by atoms with van der Waals surface area (Å²) >= 11 is 1.00. The van der Waals surface area contributed by atoms with E-state index in [-0.39, 0.29) is 34.3 Å². The summed E-state index contributed by atoms with van der Waals surface area (Å²) in [4.78, 5) is 41.0. The van der Waals surface area contributed by atoms with Gasteiger partial charge in [0, 0.05) is 38.6 Å². The minimum absolute atomic E-state index is 0.0239. The molecule has 2 aromatic heterocycles. The summed E-state index contributed by atoms with van der Waals surface area (Å²) < 4.78 is 46.4. The lowest BCUT2D eigenvalue weighted by Crippen LogP contribution is -2.55. The third kappa shape index (κ3) is 9.24. The largest absolute Gasteiger partial charge is 0.468 e. The summed E-state index contributed by atoms with van der Waals surface area (Å²) in [5.74, 6) is -2.95. The molecule has 14 heteroatoms. The van der Waals surface area contributed by atoms with Gasteiger partial charge in [0.25, 0.3) is 0 Å². The number of nitrogens with zero attached hydrogens (tertiary/aromatic N) is 5. The van der Waals surface area contributed by atoms with Gasteiger partial charge in [-0.15, -0.1) is 0 Å². The van der Waals surface area contributed by atoms with Crippen molar-refractivity contribution in [2.75, 3.05) is 20.4 Å². The molecule has 1 aliphatic heterocycles. The Morgan fingerprint density at radius 3 is 2.43 bits per heavy atom. The number of amides is 1. The Hall–Kier alpha value is -3.67. The Morgan fingerprint density at radius 2 is 1.87 bits per heavy atom. The topological polar surface area (TPSA) is 127 Å². The second-order valence-corrected chi connectivity index (χ2v) is 20.9. The van der Waals surface area contributed by atoms with E-state index in [0.29, 0.717) is 6.61 Å². The second kappa shape index (κ2) is 14.6. The van der Waals surface area contributed by atoms with Crippen LogP contribution in [-0.2, 0) is 24.5 Å². The molecule has 0 saturated carbocycles. The quantitative estimate of drug-likeness (QED) is 0.0872. The molecule has 254 valence electrons. The Kier molecular flexibility index (Phi) is 11.7. The number of methoxy groups -OCH3 is 1. The van der Waals surface area contributed by atoms with Gasteiger partial charge in [-0.25, -0.2) is 19.1 Å². The number of rotatable bonds is 9. The second-order valence-electron chi connectivity index (χ2n) is 13.9. The number of aliphatic imine (C=N–C) groups is 1. The van der Waals surface area contributed by atoms with Gasteiger partial charge in [0.1, 0.15) is 29.0 Å². The summed E-state index contributed by atoms with van der Waals surface area (Å²) in [7, 11) is -0.204. The molecular weight excluding hydrogens is 645 g/mol. The Morgan fingerprint density at radius 1 is 1.19 bits per heavy atom. The molecule has 1 aliphatic rings. The van der Waals surface area contributed by atoms with Gasteiger partial charge >= 0.3 is 12.1 Å². The van der Waals surface area contributed by atoms with Crippen molar-refractivity contribution in [3.63, 3.8) is 0 Å². The van der Waals surface area contributed by atoms with Crippen LogP contribution in [0.5, 0.6) is 0 Å². The first-order chi connectivity index (χ1) is 21.7. The number of ether oxygens (including phenoxy) is 3. The van der Waals surface area contributed by atoms with Crippen LogP contribution in [0.3, 0.4) is 0 Å². The van der Waals surface area contributed by atoms with Gasteiger partial charge in [0.2, 0.25) is 5.95 Å². The first-order valence-corrected chi connectivity index (χ1v) is 19.6. The van der Waals surface area contributed by atoms with Gasteiger partial charge in [-0.1, -0.05) is 38.3 Å². The van der Waals surface area contributed by atoms with Gasteiger partial charge in [0.15, 0.2) is 5.17 Å². The maximum Gasteiger partial charge on any atom is 0.418 e. The standard InChI is InChI=1S/C33H43F2N5O5SSi/c1-21-32(5,24-15-23(19-38-27(24)35)16-25(34)26-12-11-22(17-36)18-37-26)39-29(46-33(21,6)28(41)43-7)40(30(42)45-31(2,3)4)20-44-13-14-47(8,9)10/h11-12,15-16,18-19,21H,13-14,20H2,1-10H3/b25-16-/t21-,32-,33-/m0/s1. The van der Waals surface area contributed by atoms with Gasteiger partial charge < -0.3 is 14.2 Å². The van der Waals surface area contributed by atoms with Crippen LogP contribution in [0.2, 0.25) is 25.7 Å². The monoisotopic (exact) mass is 687 g/mol. The lowest BCUT2D eigenvalue weighted by atomic mass is 9.74. The van der Waals surface area contributed by atoms with Crippen molar-refractivity contribution in [2.45, 2.75) is 83.1 Å². The summed E-state index contributed by atoms with van der Waals surface area (Å²) in [5.41, 5.74) is -1.95. The fourth-order valence-electron chi connectivity index (χ4n) is 4.72. The number of pyridine rings is 2. The van der Waals surface area contributed by atoms with Crippen molar-refractivity contribution in [1.29, 1.82) is 5.26 Å². The van der Waals surface area contributed by atoms with E-state index in [1.165, 1.54) is 36.4 Å². The van der Waals surface area contributed by atoms with Crippen molar-refractivity contribution in [1.82, 2.24) is 14.9 Å². The summed E-state index contributed by atoms with van der Waals surface area (Å²) in [6, 6.07) is 6.96. The van der Waals surface area contributed by atoms with E-state index in [2.05, 4.69) is 29.6 Å². The highest BCUT2D eigenvalue weighted by molar-refractivity contribution is 8.15. The number of hydrogen-bond acceptors (Lipinski definition) is 10. The first-order valence-electron chi connectivity index (χ1n) is 15.1. The number of aromatic nitrogens is 2. The predicted molar refractivity (Wildman–Crippen MR) is 181 cm³/mol. The molecule has 0 radical (unpaired) electrons. The summed E-state index contributed by atoms with van der Waals surface area (Å²) in [6.45, 7) is 17.0. The molecule has 0 bridgehead atoms. The molecule has 3 atom stereocenters. The molecule has 0 aliphatic carbocycles. The lowest BCUT2D eigenvalue weighted by Gasteiger charge is -2.47. The number of carbonyl (C=O) groups excluding carboxylic acids is 2. The highest BCUT2D eigenvalue weighted by atomic mass is 32.2. The molecule has 0 spiro atoms. The van der Waals surface area contributed by atoms with Crippen LogP contribution in [0.25, 0.3) is 11.9 Å². The molecule has 0 saturated heterocycles. The van der Waals surface area contributed by atoms with Gasteiger partial charge in [-0.2, -0.15) is 9.65 Å². The fourth-order valence-corrected chi connectivity index (χ4v) is 6.90. The molecule has 0 unspecified atom stereocenters. The van der Waals surface area contributed by atoms with Crippen LogP contribution in [0.15, 0.2) is 35.6 Å². The molecule has 0 N–H and O–H groups in total. The normalized spacial score (nSPS) is 21.8. The molecule has 3 heterocycles. The zero-order chi connectivity index (χ0) is 35.4. The average Bonchev–Trinajstić information content (AvgIpc) is 2.98. The van der Waals surface area contributed by atoms with E-state index < -0.39 is 53.7 Å². The third-order valence-electron chi connectivity index (χ3n) is 7.79. The van der Waals surface area contributed by atoms with Gasteiger partial charge in [-0.3, -0.25) is 14.8 Å². The van der Waals surface area contributed by atoms with E-state index in [9.17, 15) is 9.59 Å². The minimum atomic E-state index is -1.51. The van der Waals surface area contributed by atoms with E-state index >= 15 is 8.78 Å². The van der Waals surface area contributed by atoms with Crippen molar-refractivity contribution >= 4 is 49.0 Å². The Bertz CT molecular complexity index is 1590. The van der Waals surface area contributed by atoms with E-state index in [4.69, 9.17) is 24.5 Å². The number of thioether (sulfide) groups is 1. The van der Waals surface area contributed by atoms with Crippen molar-refractivity contribution in [3.8, 4) is 6.07 Å². The Labute approximate surface area is 280 Å². The molecule has 2 aromatic rings. The number of esters is 1. The lowest BCUT2D eigenvalue weighted by molar-refractivity contribution is -0.145. The Balaban J connectivity index is 2.17. The zero-order valence-corrected chi connectivity index (χ0v) is 30.4. The van der Waals surface area contributed by atoms with Crippen LogP contribution >= 0.6 is 11.8 Å². The van der Waals surface area contributed by atoms with Crippen molar-refractivity contribution < 1.29 is 32.6 Å².